The summed E-state index contributed by atoms with van der Waals surface area (Å²) in [7, 11) is 4.64. The third kappa shape index (κ3) is 5.48. The highest BCUT2D eigenvalue weighted by molar-refractivity contribution is 7.13. The predicted molar refractivity (Wildman–Crippen MR) is 160 cm³/mol. The molecule has 0 spiro atoms. The molecule has 2 aliphatic heterocycles. The lowest BCUT2D eigenvalue weighted by atomic mass is 10.1. The Kier molecular flexibility index (Phi) is 8.28. The van der Waals surface area contributed by atoms with Gasteiger partial charge in [-0.25, -0.2) is 14.8 Å². The van der Waals surface area contributed by atoms with E-state index in [0.717, 1.165) is 16.2 Å². The first-order valence-corrected chi connectivity index (χ1v) is 14.2. The molecule has 2 N–H and O–H groups in total. The molecule has 3 aromatic rings. The molecule has 2 unspecified atom stereocenters. The van der Waals surface area contributed by atoms with Gasteiger partial charge in [0.15, 0.2) is 12.2 Å². The summed E-state index contributed by atoms with van der Waals surface area (Å²) in [4.78, 5) is 65.3. The molecule has 1 saturated heterocycles. The minimum atomic E-state index is -0.655. The standard InChI is InChI=1S/C26H22Cl3N7O5S/c1-34-11-31-22-20(34)25(39)36(26(40)35(22)2)9-12-10-42-21(18(12)29)24(38)33-19-15(6-14(28)7-16(19)41-3)23(37)32-17-5-4-13(27)8-30-17/h4-8,10-11,20,22H,9H2,1-3H3,(H,33,38)(H,30,32,37). The van der Waals surface area contributed by atoms with Crippen LogP contribution in [0.2, 0.25) is 15.1 Å². The second-order valence-corrected chi connectivity index (χ2v) is 11.4. The van der Waals surface area contributed by atoms with E-state index in [2.05, 4.69) is 20.6 Å². The number of imide groups is 1. The maximum Gasteiger partial charge on any atom is 0.328 e. The van der Waals surface area contributed by atoms with E-state index >= 15 is 0 Å². The summed E-state index contributed by atoms with van der Waals surface area (Å²) >= 11 is 19.7. The number of nitrogens with one attached hydrogen (secondary N) is 2. The van der Waals surface area contributed by atoms with Crippen LogP contribution in [0.15, 0.2) is 40.8 Å². The molecule has 5 amide bonds. The first-order valence-electron chi connectivity index (χ1n) is 12.2. The Morgan fingerprint density at radius 1 is 1.07 bits per heavy atom. The van der Waals surface area contributed by atoms with Crippen LogP contribution in [-0.2, 0) is 11.3 Å². The number of pyridine rings is 1. The SMILES string of the molecule is COc1cc(Cl)cc(C(=O)Nc2ccc(Cl)cn2)c1NC(=O)c1scc(CN2C(=O)C3C(N=CN3C)N(C)C2=O)c1Cl. The molecule has 0 saturated carbocycles. The zero-order chi connectivity index (χ0) is 30.3. The molecule has 2 aromatic heterocycles. The second kappa shape index (κ2) is 11.8. The van der Waals surface area contributed by atoms with Crippen LogP contribution in [0.1, 0.15) is 25.6 Å². The lowest BCUT2D eigenvalue weighted by Gasteiger charge is -2.40. The van der Waals surface area contributed by atoms with Crippen LogP contribution in [0.25, 0.3) is 0 Å². The van der Waals surface area contributed by atoms with Crippen molar-refractivity contribution >= 4 is 87.7 Å². The lowest BCUT2D eigenvalue weighted by Crippen LogP contribution is -2.63. The molecular weight excluding hydrogens is 629 g/mol. The average molecular weight is 651 g/mol. The van der Waals surface area contributed by atoms with E-state index in [-0.39, 0.29) is 44.3 Å². The number of carbonyl (C=O) groups is 4. The summed E-state index contributed by atoms with van der Waals surface area (Å²) in [5.74, 6) is -1.34. The van der Waals surface area contributed by atoms with Gasteiger partial charge in [-0.2, -0.15) is 0 Å². The van der Waals surface area contributed by atoms with E-state index in [1.807, 2.05) is 0 Å². The Balaban J connectivity index is 1.39. The van der Waals surface area contributed by atoms with Gasteiger partial charge in [0.25, 0.3) is 17.7 Å². The summed E-state index contributed by atoms with van der Waals surface area (Å²) in [6.07, 6.45) is 2.28. The van der Waals surface area contributed by atoms with Gasteiger partial charge in [-0.1, -0.05) is 34.8 Å². The van der Waals surface area contributed by atoms with Crippen molar-refractivity contribution in [2.45, 2.75) is 18.8 Å². The molecule has 2 atom stereocenters. The Morgan fingerprint density at radius 3 is 2.52 bits per heavy atom. The van der Waals surface area contributed by atoms with Crippen molar-refractivity contribution in [1.82, 2.24) is 19.7 Å². The van der Waals surface area contributed by atoms with Gasteiger partial charge >= 0.3 is 6.03 Å². The van der Waals surface area contributed by atoms with Crippen LogP contribution in [0.4, 0.5) is 16.3 Å². The van der Waals surface area contributed by atoms with E-state index in [1.165, 1.54) is 42.7 Å². The summed E-state index contributed by atoms with van der Waals surface area (Å²) < 4.78 is 5.39. The number of benzene rings is 1. The zero-order valence-corrected chi connectivity index (χ0v) is 25.3. The predicted octanol–water partition coefficient (Wildman–Crippen LogP) is 4.68. The van der Waals surface area contributed by atoms with Crippen LogP contribution >= 0.6 is 46.1 Å². The molecule has 16 heteroatoms. The maximum atomic E-state index is 13.4. The number of aliphatic imine (C=N–C) groups is 1. The van der Waals surface area contributed by atoms with Crippen molar-refractivity contribution in [2.75, 3.05) is 31.8 Å². The Morgan fingerprint density at radius 2 is 1.83 bits per heavy atom. The van der Waals surface area contributed by atoms with Crippen molar-refractivity contribution in [3.8, 4) is 5.75 Å². The van der Waals surface area contributed by atoms with E-state index in [4.69, 9.17) is 39.5 Å². The number of hydrogen-bond donors (Lipinski definition) is 2. The number of likely N-dealkylation sites (N-methyl/N-ethyl adjacent to an activating group) is 2. The number of thiophene rings is 1. The minimum Gasteiger partial charge on any atom is -0.494 e. The average Bonchev–Trinajstić information content (AvgIpc) is 3.53. The van der Waals surface area contributed by atoms with E-state index < -0.39 is 36.0 Å². The van der Waals surface area contributed by atoms with Gasteiger partial charge in [-0.05, 0) is 23.6 Å². The molecular formula is C26H22Cl3N7O5S. The first kappa shape index (κ1) is 29.6. The van der Waals surface area contributed by atoms with Crippen molar-refractivity contribution < 1.29 is 23.9 Å². The van der Waals surface area contributed by atoms with Crippen molar-refractivity contribution in [3.05, 3.63) is 66.9 Å². The van der Waals surface area contributed by atoms with Crippen molar-refractivity contribution in [1.29, 1.82) is 0 Å². The Labute approximate surface area is 258 Å². The molecule has 218 valence electrons. The molecule has 5 rings (SSSR count). The Hall–Kier alpha value is -3.91. The molecule has 0 aliphatic carbocycles. The number of urea groups is 1. The summed E-state index contributed by atoms with van der Waals surface area (Å²) in [5, 5.41) is 7.55. The number of carbonyl (C=O) groups excluding carboxylic acids is 4. The van der Waals surface area contributed by atoms with Gasteiger partial charge in [-0.3, -0.25) is 19.3 Å². The van der Waals surface area contributed by atoms with Gasteiger partial charge in [0, 0.05) is 36.9 Å². The number of halogens is 3. The van der Waals surface area contributed by atoms with Crippen LogP contribution in [-0.4, -0.2) is 83.2 Å². The molecule has 12 nitrogen and oxygen atoms in total. The molecule has 1 fully saturated rings. The maximum absolute atomic E-state index is 13.4. The quantitative estimate of drug-likeness (QED) is 0.379. The fourth-order valence-corrected chi connectivity index (χ4v) is 6.08. The van der Waals surface area contributed by atoms with Gasteiger partial charge in [0.05, 0.1) is 41.3 Å². The molecule has 4 heterocycles. The van der Waals surface area contributed by atoms with Gasteiger partial charge in [-0.15, -0.1) is 11.3 Å². The third-order valence-electron chi connectivity index (χ3n) is 6.65. The molecule has 42 heavy (non-hydrogen) atoms. The van der Waals surface area contributed by atoms with Crippen molar-refractivity contribution in [2.24, 2.45) is 4.99 Å². The van der Waals surface area contributed by atoms with Gasteiger partial charge in [0.1, 0.15) is 16.4 Å². The van der Waals surface area contributed by atoms with Gasteiger partial charge < -0.3 is 25.2 Å². The first-order chi connectivity index (χ1) is 20.0. The zero-order valence-electron chi connectivity index (χ0n) is 22.2. The fraction of sp³-hybridized carbons (Fsp3) is 0.231. The third-order valence-corrected chi connectivity index (χ3v) is 8.66. The number of methoxy groups -OCH3 is 1. The highest BCUT2D eigenvalue weighted by Gasteiger charge is 2.48. The number of anilines is 2. The lowest BCUT2D eigenvalue weighted by molar-refractivity contribution is -0.137. The molecule has 0 bridgehead atoms. The largest absolute Gasteiger partial charge is 0.494 e. The normalized spacial score (nSPS) is 17.9. The number of amides is 5. The highest BCUT2D eigenvalue weighted by Crippen LogP contribution is 2.36. The monoisotopic (exact) mass is 649 g/mol. The number of nitrogens with zero attached hydrogens (tertiary/aromatic N) is 5. The van der Waals surface area contributed by atoms with Crippen LogP contribution in [0.3, 0.4) is 0 Å². The number of ether oxygens (including phenoxy) is 1. The fourth-order valence-electron chi connectivity index (χ4n) is 4.52. The Bertz CT molecular complexity index is 1630. The summed E-state index contributed by atoms with van der Waals surface area (Å²) in [6.45, 7) is -0.145. The molecule has 0 radical (unpaired) electrons. The van der Waals surface area contributed by atoms with E-state index in [0.29, 0.717) is 10.6 Å². The van der Waals surface area contributed by atoms with Crippen molar-refractivity contribution in [3.63, 3.8) is 0 Å². The summed E-state index contributed by atoms with van der Waals surface area (Å²) in [5.41, 5.74) is 0.446. The van der Waals surface area contributed by atoms with E-state index in [9.17, 15) is 19.2 Å². The topological polar surface area (TPSA) is 137 Å². The smallest absolute Gasteiger partial charge is 0.328 e. The van der Waals surface area contributed by atoms with E-state index in [1.54, 1.807) is 30.4 Å². The van der Waals surface area contributed by atoms with Gasteiger partial charge in [0.2, 0.25) is 0 Å². The molecule has 2 aliphatic rings. The number of fused-ring (bicyclic) bond motifs is 1. The minimum absolute atomic E-state index is 0.00218. The van der Waals surface area contributed by atoms with Crippen LogP contribution in [0, 0.1) is 0 Å². The van der Waals surface area contributed by atoms with Crippen LogP contribution < -0.4 is 15.4 Å². The number of aromatic nitrogens is 1. The molecule has 1 aromatic carbocycles. The second-order valence-electron chi connectivity index (χ2n) is 9.31. The number of rotatable bonds is 7. The number of hydrogen-bond acceptors (Lipinski definition) is 9. The van der Waals surface area contributed by atoms with Crippen LogP contribution in [0.5, 0.6) is 5.75 Å². The summed E-state index contributed by atoms with van der Waals surface area (Å²) in [6, 6.07) is 4.70. The highest BCUT2D eigenvalue weighted by atomic mass is 35.5.